The van der Waals surface area contributed by atoms with E-state index in [4.69, 9.17) is 5.73 Å². The Balaban J connectivity index is 1.89. The Bertz CT molecular complexity index is 406. The van der Waals surface area contributed by atoms with Crippen LogP contribution in [0.25, 0.3) is 0 Å². The molecule has 0 radical (unpaired) electrons. The number of benzene rings is 1. The molecule has 1 aliphatic rings. The van der Waals surface area contributed by atoms with Crippen molar-refractivity contribution in [3.8, 4) is 0 Å². The lowest BCUT2D eigenvalue weighted by molar-refractivity contribution is 0.313. The summed E-state index contributed by atoms with van der Waals surface area (Å²) >= 11 is 0. The number of nitrogens with two attached hydrogens (primary N) is 1. The van der Waals surface area contributed by atoms with E-state index in [1.807, 2.05) is 6.07 Å². The first-order valence-electron chi connectivity index (χ1n) is 7.32. The Morgan fingerprint density at radius 2 is 1.95 bits per heavy atom. The van der Waals surface area contributed by atoms with E-state index in [-0.39, 0.29) is 0 Å². The Morgan fingerprint density at radius 1 is 1.26 bits per heavy atom. The van der Waals surface area contributed by atoms with Gasteiger partial charge in [-0.15, -0.1) is 0 Å². The smallest absolute Gasteiger partial charge is 0.0397 e. The van der Waals surface area contributed by atoms with E-state index >= 15 is 0 Å². The quantitative estimate of drug-likeness (QED) is 0.846. The molecule has 3 nitrogen and oxygen atoms in total. The van der Waals surface area contributed by atoms with Crippen LogP contribution in [0.4, 0.5) is 11.4 Å². The highest BCUT2D eigenvalue weighted by atomic mass is 15.1. The Morgan fingerprint density at radius 3 is 2.53 bits per heavy atom. The van der Waals surface area contributed by atoms with Gasteiger partial charge in [-0.25, -0.2) is 0 Å². The maximum absolute atomic E-state index is 5.82. The van der Waals surface area contributed by atoms with Crippen LogP contribution in [0.2, 0.25) is 0 Å². The van der Waals surface area contributed by atoms with Crippen molar-refractivity contribution in [2.24, 2.45) is 5.92 Å². The molecule has 106 valence electrons. The predicted molar refractivity (Wildman–Crippen MR) is 83.7 cm³/mol. The second-order valence-electron chi connectivity index (χ2n) is 6.07. The second kappa shape index (κ2) is 6.29. The van der Waals surface area contributed by atoms with Gasteiger partial charge in [-0.1, -0.05) is 0 Å². The first kappa shape index (κ1) is 14.2. The molecule has 1 aliphatic heterocycles. The van der Waals surface area contributed by atoms with Crippen LogP contribution < -0.4 is 10.6 Å². The molecule has 0 unspecified atom stereocenters. The van der Waals surface area contributed by atoms with Gasteiger partial charge in [-0.2, -0.15) is 0 Å². The van der Waals surface area contributed by atoms with Crippen LogP contribution in [0.1, 0.15) is 24.8 Å². The predicted octanol–water partition coefficient (Wildman–Crippen LogP) is 2.75. The summed E-state index contributed by atoms with van der Waals surface area (Å²) in [4.78, 5) is 4.80. The van der Waals surface area contributed by atoms with Gasteiger partial charge in [-0.05, 0) is 76.5 Å². The van der Waals surface area contributed by atoms with Crippen LogP contribution in [-0.4, -0.2) is 38.6 Å². The highest BCUT2D eigenvalue weighted by Gasteiger charge is 2.20. The summed E-state index contributed by atoms with van der Waals surface area (Å²) in [5, 5.41) is 0. The van der Waals surface area contributed by atoms with Crippen molar-refractivity contribution in [2.75, 3.05) is 44.4 Å². The molecule has 0 aromatic heterocycles. The van der Waals surface area contributed by atoms with Crippen molar-refractivity contribution < 1.29 is 0 Å². The van der Waals surface area contributed by atoms with Gasteiger partial charge in [0.05, 0.1) is 0 Å². The minimum absolute atomic E-state index is 0.863. The van der Waals surface area contributed by atoms with Crippen LogP contribution in [-0.2, 0) is 0 Å². The van der Waals surface area contributed by atoms with Gasteiger partial charge in [0.1, 0.15) is 0 Å². The molecule has 3 heteroatoms. The lowest BCUT2D eigenvalue weighted by Crippen LogP contribution is -2.35. The second-order valence-corrected chi connectivity index (χ2v) is 6.07. The number of anilines is 2. The van der Waals surface area contributed by atoms with Crippen LogP contribution in [0.15, 0.2) is 18.2 Å². The molecule has 0 aliphatic carbocycles. The van der Waals surface area contributed by atoms with E-state index < -0.39 is 0 Å². The van der Waals surface area contributed by atoms with Crippen molar-refractivity contribution in [2.45, 2.75) is 26.2 Å². The normalized spacial score (nSPS) is 17.2. The van der Waals surface area contributed by atoms with Crippen molar-refractivity contribution in [3.05, 3.63) is 23.8 Å². The molecule has 0 saturated carbocycles. The molecule has 1 saturated heterocycles. The van der Waals surface area contributed by atoms with E-state index in [1.165, 1.54) is 50.1 Å². The Hall–Kier alpha value is -1.22. The molecule has 0 amide bonds. The fraction of sp³-hybridized carbons (Fsp3) is 0.625. The fourth-order valence-corrected chi connectivity index (χ4v) is 2.94. The number of rotatable bonds is 4. The van der Waals surface area contributed by atoms with Crippen molar-refractivity contribution >= 4 is 11.4 Å². The largest absolute Gasteiger partial charge is 0.399 e. The molecule has 0 bridgehead atoms. The molecule has 0 atom stereocenters. The van der Waals surface area contributed by atoms with Crippen molar-refractivity contribution in [1.29, 1.82) is 0 Å². The number of piperidine rings is 1. The van der Waals surface area contributed by atoms with Gasteiger partial charge in [0, 0.05) is 24.5 Å². The summed E-state index contributed by atoms with van der Waals surface area (Å²) in [6.07, 6.45) is 3.97. The monoisotopic (exact) mass is 261 g/mol. The Labute approximate surface area is 117 Å². The summed E-state index contributed by atoms with van der Waals surface area (Å²) in [7, 11) is 4.32. The zero-order valence-electron chi connectivity index (χ0n) is 12.5. The zero-order chi connectivity index (χ0) is 13.8. The lowest BCUT2D eigenvalue weighted by atomic mass is 9.93. The fourth-order valence-electron chi connectivity index (χ4n) is 2.94. The average Bonchev–Trinajstić information content (AvgIpc) is 2.37. The first-order valence-corrected chi connectivity index (χ1v) is 7.32. The average molecular weight is 261 g/mol. The molecular formula is C16H27N3. The van der Waals surface area contributed by atoms with Gasteiger partial charge in [0.25, 0.3) is 0 Å². The summed E-state index contributed by atoms with van der Waals surface area (Å²) in [6, 6.07) is 6.26. The van der Waals surface area contributed by atoms with E-state index in [0.29, 0.717) is 0 Å². The lowest BCUT2D eigenvalue weighted by Gasteiger charge is -2.35. The summed E-state index contributed by atoms with van der Waals surface area (Å²) in [6.45, 7) is 5.74. The number of hydrogen-bond donors (Lipinski definition) is 1. The van der Waals surface area contributed by atoms with E-state index in [2.05, 4.69) is 43.0 Å². The van der Waals surface area contributed by atoms with Gasteiger partial charge in [0.2, 0.25) is 0 Å². The Kier molecular flexibility index (Phi) is 4.70. The van der Waals surface area contributed by atoms with Crippen molar-refractivity contribution in [1.82, 2.24) is 4.90 Å². The first-order chi connectivity index (χ1) is 9.06. The van der Waals surface area contributed by atoms with Crippen LogP contribution in [0.3, 0.4) is 0 Å². The third-order valence-corrected chi connectivity index (χ3v) is 4.16. The molecule has 2 rings (SSSR count). The number of aryl methyl sites for hydroxylation is 1. The van der Waals surface area contributed by atoms with Gasteiger partial charge in [0.15, 0.2) is 0 Å². The molecule has 1 aromatic rings. The maximum atomic E-state index is 5.82. The van der Waals surface area contributed by atoms with E-state index in [9.17, 15) is 0 Å². The number of hydrogen-bond acceptors (Lipinski definition) is 3. The molecular weight excluding hydrogens is 234 g/mol. The van der Waals surface area contributed by atoms with Crippen molar-refractivity contribution in [3.63, 3.8) is 0 Å². The standard InChI is InChI=1S/C16H27N3/c1-13-12-15(17)4-5-16(13)19-10-7-14(8-11-19)6-9-18(2)3/h4-5,12,14H,6-11,17H2,1-3H3. The third kappa shape index (κ3) is 3.87. The summed E-state index contributed by atoms with van der Waals surface area (Å²) in [5.74, 6) is 0.896. The molecule has 1 heterocycles. The molecule has 0 spiro atoms. The van der Waals surface area contributed by atoms with Gasteiger partial charge < -0.3 is 15.5 Å². The SMILES string of the molecule is Cc1cc(N)ccc1N1CCC(CCN(C)C)CC1. The van der Waals surface area contributed by atoms with Gasteiger partial charge >= 0.3 is 0 Å². The minimum atomic E-state index is 0.863. The maximum Gasteiger partial charge on any atom is 0.0397 e. The highest BCUT2D eigenvalue weighted by Crippen LogP contribution is 2.28. The number of nitrogen functional groups attached to an aromatic ring is 1. The molecule has 19 heavy (non-hydrogen) atoms. The molecule has 1 aromatic carbocycles. The van der Waals surface area contributed by atoms with Crippen LogP contribution >= 0.6 is 0 Å². The summed E-state index contributed by atoms with van der Waals surface area (Å²) in [5.41, 5.74) is 9.35. The summed E-state index contributed by atoms with van der Waals surface area (Å²) < 4.78 is 0. The zero-order valence-corrected chi connectivity index (χ0v) is 12.5. The van der Waals surface area contributed by atoms with Crippen LogP contribution in [0.5, 0.6) is 0 Å². The molecule has 2 N–H and O–H groups in total. The van der Waals surface area contributed by atoms with E-state index in [1.54, 1.807) is 0 Å². The topological polar surface area (TPSA) is 32.5 Å². The molecule has 1 fully saturated rings. The van der Waals surface area contributed by atoms with Crippen LogP contribution in [0, 0.1) is 12.8 Å². The third-order valence-electron chi connectivity index (χ3n) is 4.16. The van der Waals surface area contributed by atoms with Gasteiger partial charge in [-0.3, -0.25) is 0 Å². The minimum Gasteiger partial charge on any atom is -0.399 e. The van der Waals surface area contributed by atoms with E-state index in [0.717, 1.165) is 11.6 Å². The number of nitrogens with zero attached hydrogens (tertiary/aromatic N) is 2. The highest BCUT2D eigenvalue weighted by molar-refractivity contribution is 5.59.